The molecule has 8 nitrogen and oxygen atoms in total. The van der Waals surface area contributed by atoms with Crippen molar-refractivity contribution in [3.8, 4) is 34.3 Å². The van der Waals surface area contributed by atoms with E-state index in [2.05, 4.69) is 37.7 Å². The molecule has 5 rings (SSSR count). The minimum absolute atomic E-state index is 0.000496. The summed E-state index contributed by atoms with van der Waals surface area (Å²) in [6.45, 7) is 11.6. The van der Waals surface area contributed by atoms with Gasteiger partial charge in [0.25, 0.3) is 0 Å². The van der Waals surface area contributed by atoms with Gasteiger partial charge in [0.2, 0.25) is 11.4 Å². The van der Waals surface area contributed by atoms with Crippen LogP contribution in [0.5, 0.6) is 23.0 Å². The van der Waals surface area contributed by atoms with Gasteiger partial charge in [0.15, 0.2) is 28.8 Å². The topological polar surface area (TPSA) is 85.1 Å². The van der Waals surface area contributed by atoms with Gasteiger partial charge in [0.1, 0.15) is 5.76 Å². The second kappa shape index (κ2) is 56.9. The number of aromatic nitrogens is 1. The number of ether oxygens (including phenoxy) is 4. The number of halogens is 2. The first-order chi connectivity index (χ1) is 48.3. The Morgan fingerprint density at radius 3 is 0.939 bits per heavy atom. The monoisotopic (exact) mass is 1360 g/mol. The standard InChI is InChI=1S/C87H144BF2N2O6/c1-5-9-13-17-21-25-29-33-37-41-45-49-53-57-69-93-82-67-61-76(73-86(82)95-71-59-55-51-47-43-39-35-31-27-23-19-15-11-7-3)78-63-65-80(91-78)84-75-85(98-88(89,90)97-84)81-66-64-79(92-81)77-62-68-83(94-70-58-54-50-46-42-38-34-30-26-22-18-14-10-6-2)87(74-77)96-72-60-56-52-48-44-40-36-32-28-24-20-16-12-8-4/h61-68,73-75,91H,5-60,69-72H2,1-4H3/q-1/p+1/b85-81-. The van der Waals surface area contributed by atoms with Crippen LogP contribution >= 0.6 is 0 Å². The van der Waals surface area contributed by atoms with E-state index in [1.807, 2.05) is 48.5 Å². The molecule has 0 saturated carbocycles. The molecule has 2 aliphatic rings. The minimum atomic E-state index is -4.68. The Bertz CT molecular complexity index is 2560. The van der Waals surface area contributed by atoms with Crippen LogP contribution in [-0.2, 0) is 9.31 Å². The summed E-state index contributed by atoms with van der Waals surface area (Å²) in [4.78, 5) is 6.78. The molecule has 0 bridgehead atoms. The van der Waals surface area contributed by atoms with Crippen molar-refractivity contribution in [2.75, 3.05) is 26.4 Å². The molecular formula is C87H145BF2N2O6. The van der Waals surface area contributed by atoms with Crippen LogP contribution in [0.4, 0.5) is 8.63 Å². The summed E-state index contributed by atoms with van der Waals surface area (Å²) in [6, 6.07) is 15.8. The average Bonchev–Trinajstić information content (AvgIpc) is 1.60. The fourth-order valence-corrected chi connectivity index (χ4v) is 13.9. The lowest BCUT2D eigenvalue weighted by atomic mass is 10.0. The van der Waals surface area contributed by atoms with E-state index in [1.54, 1.807) is 18.2 Å². The van der Waals surface area contributed by atoms with Crippen LogP contribution in [0.2, 0.25) is 0 Å². The number of hydrogen-bond acceptors (Lipinski definition) is 6. The minimum Gasteiger partial charge on any atom is -0.626 e. The second-order valence-corrected chi connectivity index (χ2v) is 29.3. The number of aromatic amines is 1. The summed E-state index contributed by atoms with van der Waals surface area (Å²) < 4.78 is 67.9. The van der Waals surface area contributed by atoms with Gasteiger partial charge in [-0.05, 0) is 74.2 Å². The zero-order valence-electron chi connectivity index (χ0n) is 63.6. The highest BCUT2D eigenvalue weighted by Crippen LogP contribution is 2.37. The van der Waals surface area contributed by atoms with Gasteiger partial charge < -0.3 is 41.9 Å². The largest absolute Gasteiger partial charge is 0.726 e. The summed E-state index contributed by atoms with van der Waals surface area (Å²) in [6.07, 6.45) is 78.6. The van der Waals surface area contributed by atoms with Crippen molar-refractivity contribution >= 4 is 18.6 Å². The summed E-state index contributed by atoms with van der Waals surface area (Å²) >= 11 is 0. The average molecular weight is 1360 g/mol. The van der Waals surface area contributed by atoms with Crippen LogP contribution in [-0.4, -0.2) is 44.2 Å². The van der Waals surface area contributed by atoms with Crippen molar-refractivity contribution in [2.45, 2.75) is 387 Å². The van der Waals surface area contributed by atoms with Crippen molar-refractivity contribution in [1.82, 2.24) is 4.98 Å². The molecule has 0 unspecified atom stereocenters. The Labute approximate surface area is 599 Å². The van der Waals surface area contributed by atoms with Gasteiger partial charge in [-0.1, -0.05) is 362 Å². The lowest BCUT2D eigenvalue weighted by Gasteiger charge is -2.33. The van der Waals surface area contributed by atoms with Crippen LogP contribution in [0, 0.1) is 0 Å². The van der Waals surface area contributed by atoms with Gasteiger partial charge in [0, 0.05) is 29.5 Å². The molecule has 3 aromatic rings. The van der Waals surface area contributed by atoms with Crippen molar-refractivity contribution < 1.29 is 41.9 Å². The third kappa shape index (κ3) is 39.5. The van der Waals surface area contributed by atoms with E-state index >= 15 is 8.63 Å². The smallest absolute Gasteiger partial charge is 0.626 e. The summed E-state index contributed by atoms with van der Waals surface area (Å²) in [5.74, 6) is 2.90. The molecule has 0 spiro atoms. The van der Waals surface area contributed by atoms with Crippen molar-refractivity contribution in [1.29, 1.82) is 0 Å². The zero-order chi connectivity index (χ0) is 69.3. The fraction of sp³-hybridized carbons (Fsp3) is 0.736. The predicted molar refractivity (Wildman–Crippen MR) is 415 cm³/mol. The van der Waals surface area contributed by atoms with Gasteiger partial charge in [-0.2, -0.15) is 0 Å². The number of rotatable bonds is 67. The Balaban J connectivity index is 1.17. The lowest BCUT2D eigenvalue weighted by molar-refractivity contribution is -0.388. The molecule has 0 atom stereocenters. The zero-order valence-corrected chi connectivity index (χ0v) is 63.6. The number of unbranched alkanes of at least 4 members (excludes halogenated alkanes) is 52. The van der Waals surface area contributed by atoms with Crippen LogP contribution < -0.4 is 23.9 Å². The first-order valence-corrected chi connectivity index (χ1v) is 42.0. The molecule has 0 aliphatic carbocycles. The van der Waals surface area contributed by atoms with Crippen LogP contribution in [0.1, 0.15) is 399 Å². The normalized spacial score (nSPS) is 14.2. The molecule has 2 aliphatic heterocycles. The van der Waals surface area contributed by atoms with Crippen molar-refractivity contribution in [2.24, 2.45) is 0 Å². The van der Waals surface area contributed by atoms with Gasteiger partial charge in [0.05, 0.1) is 37.7 Å². The van der Waals surface area contributed by atoms with E-state index in [0.29, 0.717) is 49.3 Å². The third-order valence-electron chi connectivity index (χ3n) is 20.2. The molecule has 0 fully saturated rings. The highest BCUT2D eigenvalue weighted by Gasteiger charge is 2.40. The Kier molecular flexibility index (Phi) is 48.8. The van der Waals surface area contributed by atoms with Gasteiger partial charge >= 0.3 is 7.11 Å². The first kappa shape index (κ1) is 84.0. The van der Waals surface area contributed by atoms with Gasteiger partial charge in [-0.15, -0.1) is 0 Å². The molecule has 98 heavy (non-hydrogen) atoms. The SMILES string of the molecule is CCCCCCCCCCCCCCCCOc1ccc(C2=[NH+]/C(=C3/C=C(c4ccc(-c5ccc(OCCCCCCCCCCCCCCCC)c(OCCCCCCCCCCCCCCCC)c5)[nH]4)O[B-](F)(F)O3)C=C2)cc1OCCCCCCCCCCCCCCCC. The fourth-order valence-electron chi connectivity index (χ4n) is 13.9. The van der Waals surface area contributed by atoms with Gasteiger partial charge in [-0.25, -0.2) is 4.99 Å². The highest BCUT2D eigenvalue weighted by atomic mass is 19.3. The van der Waals surface area contributed by atoms with Gasteiger partial charge in [-0.3, -0.25) is 0 Å². The van der Waals surface area contributed by atoms with Crippen molar-refractivity contribution in [3.05, 3.63) is 89.5 Å². The lowest BCUT2D eigenvalue weighted by Crippen LogP contribution is -2.68. The van der Waals surface area contributed by atoms with E-state index in [-0.39, 0.29) is 11.5 Å². The molecule has 2 N–H and O–H groups in total. The highest BCUT2D eigenvalue weighted by molar-refractivity contribution is 6.53. The second-order valence-electron chi connectivity index (χ2n) is 29.3. The Morgan fingerprint density at radius 2 is 0.602 bits per heavy atom. The van der Waals surface area contributed by atoms with Crippen LogP contribution in [0.15, 0.2) is 78.2 Å². The predicted octanol–water partition coefficient (Wildman–Crippen LogP) is 27.2. The molecule has 1 aromatic heterocycles. The molecule has 0 saturated heterocycles. The molecule has 0 radical (unpaired) electrons. The first-order valence-electron chi connectivity index (χ1n) is 42.0. The molecule has 2 aromatic carbocycles. The summed E-state index contributed by atoms with van der Waals surface area (Å²) in [7, 11) is -4.68. The van der Waals surface area contributed by atoms with E-state index in [0.717, 1.165) is 85.4 Å². The van der Waals surface area contributed by atoms with Crippen molar-refractivity contribution in [3.63, 3.8) is 0 Å². The maximum Gasteiger partial charge on any atom is 0.726 e. The number of H-pyrrole nitrogens is 1. The molecule has 556 valence electrons. The maximum absolute atomic E-state index is 15.7. The quantitative estimate of drug-likeness (QED) is 0.0433. The van der Waals surface area contributed by atoms with E-state index in [1.165, 1.54) is 308 Å². The Morgan fingerprint density at radius 1 is 0.316 bits per heavy atom. The van der Waals surface area contributed by atoms with Crippen LogP contribution in [0.25, 0.3) is 17.0 Å². The van der Waals surface area contributed by atoms with E-state index < -0.39 is 7.11 Å². The maximum atomic E-state index is 15.7. The third-order valence-corrected chi connectivity index (χ3v) is 20.2. The number of allylic oxidation sites excluding steroid dienone is 3. The number of hydrogen-bond donors (Lipinski definition) is 2. The molecular weight excluding hydrogens is 1220 g/mol. The summed E-state index contributed by atoms with van der Waals surface area (Å²) in [5, 5.41) is 0. The Hall–Kier alpha value is -4.67. The van der Waals surface area contributed by atoms with Crippen LogP contribution in [0.3, 0.4) is 0 Å². The number of benzene rings is 2. The molecule has 3 heterocycles. The molecule has 0 amide bonds. The van der Waals surface area contributed by atoms with E-state index in [9.17, 15) is 0 Å². The molecule has 11 heteroatoms. The number of nitrogens with one attached hydrogen (secondary N) is 2. The summed E-state index contributed by atoms with van der Waals surface area (Å²) in [5.41, 5.74) is 4.08. The van der Waals surface area contributed by atoms with E-state index in [4.69, 9.17) is 28.3 Å².